The lowest BCUT2D eigenvalue weighted by molar-refractivity contribution is 0.141. The summed E-state index contributed by atoms with van der Waals surface area (Å²) in [6, 6.07) is 0. The average molecular weight is 186 g/mol. The molecule has 0 aliphatic heterocycles. The predicted octanol–water partition coefficient (Wildman–Crippen LogP) is 2.16. The van der Waals surface area contributed by atoms with Gasteiger partial charge in [-0.1, -0.05) is 20.3 Å². The van der Waals surface area contributed by atoms with Crippen molar-refractivity contribution < 1.29 is 4.74 Å². The number of hydrogen-bond acceptors (Lipinski definition) is 2. The zero-order valence-electron chi connectivity index (χ0n) is 9.02. The zero-order chi connectivity index (χ0) is 10.3. The van der Waals surface area contributed by atoms with Gasteiger partial charge in [-0.25, -0.2) is 0 Å². The fourth-order valence-electron chi connectivity index (χ4n) is 1.05. The van der Waals surface area contributed by atoms with Crippen LogP contribution in [0.1, 0.15) is 40.0 Å². The normalized spacial score (nSPS) is 11.6. The van der Waals surface area contributed by atoms with Crippen LogP contribution in [0.15, 0.2) is 0 Å². The van der Waals surface area contributed by atoms with Crippen LogP contribution in [0.2, 0.25) is 0 Å². The Balaban J connectivity index is 3.46. The lowest BCUT2D eigenvalue weighted by Gasteiger charge is -2.22. The Kier molecular flexibility index (Phi) is 5.71. The van der Waals surface area contributed by atoms with Crippen molar-refractivity contribution in [3.63, 3.8) is 0 Å². The number of unbranched alkanes of at least 4 members (excludes halogenated alkanes) is 1. The molecular formula is C10H22N2O. The molecule has 0 fully saturated rings. The summed E-state index contributed by atoms with van der Waals surface area (Å²) >= 11 is 0. The highest BCUT2D eigenvalue weighted by atomic mass is 16.5. The molecule has 0 rings (SSSR count). The first-order chi connectivity index (χ1) is 6.00. The van der Waals surface area contributed by atoms with Crippen molar-refractivity contribution in [2.75, 3.05) is 13.2 Å². The van der Waals surface area contributed by atoms with Crippen LogP contribution in [0.25, 0.3) is 0 Å². The molecule has 0 aromatic heterocycles. The third-order valence-corrected chi connectivity index (χ3v) is 2.27. The largest absolute Gasteiger partial charge is 0.387 e. The van der Waals surface area contributed by atoms with E-state index in [1.165, 1.54) is 0 Å². The van der Waals surface area contributed by atoms with Gasteiger partial charge in [0, 0.05) is 18.6 Å². The van der Waals surface area contributed by atoms with Crippen LogP contribution in [-0.4, -0.2) is 19.0 Å². The average Bonchev–Trinajstić information content (AvgIpc) is 2.03. The summed E-state index contributed by atoms with van der Waals surface area (Å²) in [6.07, 6.45) is 3.10. The lowest BCUT2D eigenvalue weighted by atomic mass is 9.86. The van der Waals surface area contributed by atoms with Crippen LogP contribution in [0.5, 0.6) is 0 Å². The molecule has 0 aromatic rings. The Morgan fingerprint density at radius 1 is 1.38 bits per heavy atom. The molecule has 3 nitrogen and oxygen atoms in total. The van der Waals surface area contributed by atoms with E-state index >= 15 is 0 Å². The van der Waals surface area contributed by atoms with Gasteiger partial charge >= 0.3 is 0 Å². The van der Waals surface area contributed by atoms with E-state index in [0.29, 0.717) is 0 Å². The standard InChI is InChI=1S/C10H22N2O/c1-4-13-8-6-5-7-10(2,3)9(11)12/h4-8H2,1-3H3,(H3,11,12). The van der Waals surface area contributed by atoms with Crippen LogP contribution in [0.4, 0.5) is 0 Å². The topological polar surface area (TPSA) is 59.1 Å². The number of nitrogens with one attached hydrogen (secondary N) is 1. The van der Waals surface area contributed by atoms with Gasteiger partial charge in [0.05, 0.1) is 5.84 Å². The van der Waals surface area contributed by atoms with Crippen molar-refractivity contribution in [2.24, 2.45) is 11.1 Å². The van der Waals surface area contributed by atoms with Gasteiger partial charge in [0.25, 0.3) is 0 Å². The Labute approximate surface area is 81.2 Å². The SMILES string of the molecule is CCOCCCCC(C)(C)C(=N)N. The molecule has 0 spiro atoms. The second-order valence-electron chi connectivity index (χ2n) is 3.95. The smallest absolute Gasteiger partial charge is 0.0963 e. The molecule has 0 amide bonds. The van der Waals surface area contributed by atoms with Crippen molar-refractivity contribution in [3.05, 3.63) is 0 Å². The zero-order valence-corrected chi connectivity index (χ0v) is 9.02. The van der Waals surface area contributed by atoms with E-state index in [2.05, 4.69) is 0 Å². The molecule has 3 heteroatoms. The summed E-state index contributed by atoms with van der Waals surface area (Å²) < 4.78 is 5.22. The van der Waals surface area contributed by atoms with Gasteiger partial charge in [-0.3, -0.25) is 5.41 Å². The molecule has 0 aliphatic rings. The summed E-state index contributed by atoms with van der Waals surface area (Å²) in [6.45, 7) is 7.63. The molecule has 0 heterocycles. The molecular weight excluding hydrogens is 164 g/mol. The van der Waals surface area contributed by atoms with E-state index in [-0.39, 0.29) is 11.3 Å². The Morgan fingerprint density at radius 3 is 2.46 bits per heavy atom. The van der Waals surface area contributed by atoms with Gasteiger partial charge in [0.2, 0.25) is 0 Å². The molecule has 0 aliphatic carbocycles. The summed E-state index contributed by atoms with van der Waals surface area (Å²) in [5.74, 6) is 0.281. The second-order valence-corrected chi connectivity index (χ2v) is 3.95. The molecule has 0 radical (unpaired) electrons. The van der Waals surface area contributed by atoms with E-state index in [9.17, 15) is 0 Å². The Morgan fingerprint density at radius 2 is 2.00 bits per heavy atom. The lowest BCUT2D eigenvalue weighted by Crippen LogP contribution is -2.30. The maximum atomic E-state index is 7.36. The highest BCUT2D eigenvalue weighted by Crippen LogP contribution is 2.22. The van der Waals surface area contributed by atoms with E-state index < -0.39 is 0 Å². The van der Waals surface area contributed by atoms with E-state index in [0.717, 1.165) is 32.5 Å². The monoisotopic (exact) mass is 186 g/mol. The molecule has 0 unspecified atom stereocenters. The molecule has 0 saturated heterocycles. The van der Waals surface area contributed by atoms with Gasteiger partial charge in [0.15, 0.2) is 0 Å². The van der Waals surface area contributed by atoms with Gasteiger partial charge in [-0.15, -0.1) is 0 Å². The predicted molar refractivity (Wildman–Crippen MR) is 56.0 cm³/mol. The van der Waals surface area contributed by atoms with Crippen LogP contribution in [0, 0.1) is 10.8 Å². The number of ether oxygens (including phenoxy) is 1. The number of rotatable bonds is 7. The van der Waals surface area contributed by atoms with Crippen LogP contribution >= 0.6 is 0 Å². The first kappa shape index (κ1) is 12.4. The first-order valence-corrected chi connectivity index (χ1v) is 4.93. The molecule has 13 heavy (non-hydrogen) atoms. The van der Waals surface area contributed by atoms with Crippen LogP contribution in [0.3, 0.4) is 0 Å². The van der Waals surface area contributed by atoms with Crippen molar-refractivity contribution in [1.82, 2.24) is 0 Å². The summed E-state index contributed by atoms with van der Waals surface area (Å²) in [4.78, 5) is 0. The maximum Gasteiger partial charge on any atom is 0.0963 e. The molecule has 3 N–H and O–H groups in total. The molecule has 0 bridgehead atoms. The van der Waals surface area contributed by atoms with Gasteiger partial charge < -0.3 is 10.5 Å². The third kappa shape index (κ3) is 5.64. The number of nitrogens with two attached hydrogens (primary N) is 1. The molecule has 0 aromatic carbocycles. The van der Waals surface area contributed by atoms with Gasteiger partial charge in [0.1, 0.15) is 0 Å². The quantitative estimate of drug-likeness (QED) is 0.363. The van der Waals surface area contributed by atoms with Gasteiger partial charge in [-0.2, -0.15) is 0 Å². The highest BCUT2D eigenvalue weighted by Gasteiger charge is 2.20. The fourth-order valence-corrected chi connectivity index (χ4v) is 1.05. The molecule has 0 atom stereocenters. The molecule has 78 valence electrons. The Bertz CT molecular complexity index is 155. The highest BCUT2D eigenvalue weighted by molar-refractivity contribution is 5.82. The number of amidine groups is 1. The third-order valence-electron chi connectivity index (χ3n) is 2.27. The minimum Gasteiger partial charge on any atom is -0.387 e. The van der Waals surface area contributed by atoms with Crippen LogP contribution in [-0.2, 0) is 4.74 Å². The second kappa shape index (κ2) is 5.97. The number of hydrogen-bond donors (Lipinski definition) is 2. The van der Waals surface area contributed by atoms with Crippen LogP contribution < -0.4 is 5.73 Å². The fraction of sp³-hybridized carbons (Fsp3) is 0.900. The summed E-state index contributed by atoms with van der Waals surface area (Å²) in [5, 5.41) is 7.36. The minimum atomic E-state index is -0.147. The summed E-state index contributed by atoms with van der Waals surface area (Å²) in [5.41, 5.74) is 5.32. The summed E-state index contributed by atoms with van der Waals surface area (Å²) in [7, 11) is 0. The van der Waals surface area contributed by atoms with E-state index in [1.54, 1.807) is 0 Å². The maximum absolute atomic E-state index is 7.36. The van der Waals surface area contributed by atoms with Crippen molar-refractivity contribution in [2.45, 2.75) is 40.0 Å². The Hall–Kier alpha value is -0.570. The van der Waals surface area contributed by atoms with Crippen molar-refractivity contribution >= 4 is 5.84 Å². The van der Waals surface area contributed by atoms with E-state index in [4.69, 9.17) is 15.9 Å². The minimum absolute atomic E-state index is 0.147. The van der Waals surface area contributed by atoms with Crippen molar-refractivity contribution in [3.8, 4) is 0 Å². The van der Waals surface area contributed by atoms with E-state index in [1.807, 2.05) is 20.8 Å². The van der Waals surface area contributed by atoms with Gasteiger partial charge in [-0.05, 0) is 19.8 Å². The van der Waals surface area contributed by atoms with Crippen molar-refractivity contribution in [1.29, 1.82) is 5.41 Å². The molecule has 0 saturated carbocycles. The first-order valence-electron chi connectivity index (χ1n) is 4.93.